The van der Waals surface area contributed by atoms with Gasteiger partial charge in [0.05, 0.1) is 16.9 Å². The smallest absolute Gasteiger partial charge is 0.335 e. The number of phenols is 1. The van der Waals surface area contributed by atoms with E-state index in [-0.39, 0.29) is 29.1 Å². The highest BCUT2D eigenvalue weighted by Crippen LogP contribution is 2.33. The molecule has 0 saturated carbocycles. The first-order chi connectivity index (χ1) is 16.4. The van der Waals surface area contributed by atoms with E-state index in [0.29, 0.717) is 22.4 Å². The second kappa shape index (κ2) is 9.41. The third-order valence-electron chi connectivity index (χ3n) is 5.28. The van der Waals surface area contributed by atoms with E-state index in [9.17, 15) is 24.6 Å². The average molecular weight is 455 g/mol. The normalized spacial score (nSPS) is 10.6. The van der Waals surface area contributed by atoms with Crippen molar-refractivity contribution in [3.8, 4) is 28.1 Å². The second-order valence-electron chi connectivity index (χ2n) is 7.44. The second-order valence-corrected chi connectivity index (χ2v) is 7.44. The number of hydrogen-bond donors (Lipinski definition) is 3. The number of aromatic carboxylic acids is 1. The number of nitrogens with one attached hydrogen (secondary N) is 1. The van der Waals surface area contributed by atoms with Crippen molar-refractivity contribution in [1.29, 1.82) is 0 Å². The van der Waals surface area contributed by atoms with Gasteiger partial charge in [0.15, 0.2) is 0 Å². The van der Waals surface area contributed by atoms with Gasteiger partial charge in [-0.1, -0.05) is 60.7 Å². The van der Waals surface area contributed by atoms with E-state index in [1.165, 1.54) is 16.8 Å². The standard InChI is InChI=1S/C26H21N3O5/c1-2-29-25(32)22(24(31)27-19-15-18(26(33)34)13-14-20(19)30)21(16-9-5-3-6-10-16)23(28-29)17-11-7-4-8-12-17/h3-15,30H,2H2,1H3,(H,27,31)(H,33,34). The van der Waals surface area contributed by atoms with Crippen LogP contribution in [0.15, 0.2) is 83.7 Å². The van der Waals surface area contributed by atoms with Crippen molar-refractivity contribution in [1.82, 2.24) is 9.78 Å². The van der Waals surface area contributed by atoms with Gasteiger partial charge in [-0.15, -0.1) is 0 Å². The van der Waals surface area contributed by atoms with Crippen molar-refractivity contribution >= 4 is 17.6 Å². The van der Waals surface area contributed by atoms with Crippen LogP contribution in [0.1, 0.15) is 27.6 Å². The molecule has 34 heavy (non-hydrogen) atoms. The third kappa shape index (κ3) is 4.29. The molecule has 0 unspecified atom stereocenters. The van der Waals surface area contributed by atoms with E-state index in [1.54, 1.807) is 31.2 Å². The van der Waals surface area contributed by atoms with Crippen molar-refractivity contribution in [2.75, 3.05) is 5.32 Å². The molecule has 0 bridgehead atoms. The van der Waals surface area contributed by atoms with Crippen LogP contribution in [-0.2, 0) is 6.54 Å². The first kappa shape index (κ1) is 22.5. The topological polar surface area (TPSA) is 122 Å². The van der Waals surface area contributed by atoms with Gasteiger partial charge in [-0.25, -0.2) is 9.48 Å². The number of aromatic nitrogens is 2. The van der Waals surface area contributed by atoms with Crippen LogP contribution in [0.5, 0.6) is 5.75 Å². The Balaban J connectivity index is 1.96. The Hall–Kier alpha value is -4.72. The zero-order chi connectivity index (χ0) is 24.2. The molecule has 3 N–H and O–H groups in total. The summed E-state index contributed by atoms with van der Waals surface area (Å²) in [6.45, 7) is 1.98. The molecular weight excluding hydrogens is 434 g/mol. The van der Waals surface area contributed by atoms with Gasteiger partial charge in [0.2, 0.25) is 0 Å². The minimum atomic E-state index is -1.22. The van der Waals surface area contributed by atoms with Gasteiger partial charge in [-0.2, -0.15) is 5.10 Å². The van der Waals surface area contributed by atoms with E-state index >= 15 is 0 Å². The fourth-order valence-electron chi connectivity index (χ4n) is 3.63. The Morgan fingerprint density at radius 1 is 0.941 bits per heavy atom. The molecule has 0 aliphatic carbocycles. The largest absolute Gasteiger partial charge is 0.506 e. The van der Waals surface area contributed by atoms with E-state index in [1.807, 2.05) is 36.4 Å². The van der Waals surface area contributed by atoms with Crippen molar-refractivity contribution in [3.05, 3.63) is 100 Å². The van der Waals surface area contributed by atoms with Crippen molar-refractivity contribution < 1.29 is 19.8 Å². The highest BCUT2D eigenvalue weighted by Gasteiger charge is 2.25. The minimum Gasteiger partial charge on any atom is -0.506 e. The Labute approximate surface area is 194 Å². The summed E-state index contributed by atoms with van der Waals surface area (Å²) in [6, 6.07) is 21.7. The highest BCUT2D eigenvalue weighted by atomic mass is 16.4. The summed E-state index contributed by atoms with van der Waals surface area (Å²) in [7, 11) is 0. The molecule has 0 spiro atoms. The van der Waals surface area contributed by atoms with Crippen molar-refractivity contribution in [2.45, 2.75) is 13.5 Å². The van der Waals surface area contributed by atoms with E-state index in [2.05, 4.69) is 10.4 Å². The third-order valence-corrected chi connectivity index (χ3v) is 5.28. The molecule has 0 aliphatic rings. The van der Waals surface area contributed by atoms with Crippen LogP contribution in [0.3, 0.4) is 0 Å². The number of carboxylic acids is 1. The number of carboxylic acid groups (broad SMARTS) is 1. The highest BCUT2D eigenvalue weighted by molar-refractivity contribution is 6.11. The first-order valence-electron chi connectivity index (χ1n) is 10.5. The lowest BCUT2D eigenvalue weighted by Gasteiger charge is -2.17. The number of carbonyl (C=O) groups is 2. The Morgan fingerprint density at radius 3 is 2.15 bits per heavy atom. The van der Waals surface area contributed by atoms with Gasteiger partial charge in [-0.05, 0) is 30.7 Å². The molecule has 0 saturated heterocycles. The zero-order valence-electron chi connectivity index (χ0n) is 18.2. The quantitative estimate of drug-likeness (QED) is 0.374. The molecule has 3 aromatic carbocycles. The Morgan fingerprint density at radius 2 is 1.56 bits per heavy atom. The molecule has 4 rings (SSSR count). The first-order valence-corrected chi connectivity index (χ1v) is 10.5. The molecule has 1 aromatic heterocycles. The average Bonchev–Trinajstić information content (AvgIpc) is 2.85. The van der Waals surface area contributed by atoms with Gasteiger partial charge in [0.1, 0.15) is 11.3 Å². The Bertz CT molecular complexity index is 1430. The molecular formula is C26H21N3O5. The summed E-state index contributed by atoms with van der Waals surface area (Å²) in [5.74, 6) is -2.33. The van der Waals surface area contributed by atoms with Crippen LogP contribution in [0.4, 0.5) is 5.69 Å². The molecule has 0 atom stereocenters. The number of amides is 1. The maximum absolute atomic E-state index is 13.5. The number of aromatic hydroxyl groups is 1. The van der Waals surface area contributed by atoms with Gasteiger partial charge in [0, 0.05) is 17.7 Å². The molecule has 1 heterocycles. The summed E-state index contributed by atoms with van der Waals surface area (Å²) in [5, 5.41) is 26.5. The summed E-state index contributed by atoms with van der Waals surface area (Å²) < 4.78 is 1.21. The predicted octanol–water partition coefficient (Wildman–Crippen LogP) is 4.25. The summed E-state index contributed by atoms with van der Waals surface area (Å²) >= 11 is 0. The molecule has 1 amide bonds. The van der Waals surface area contributed by atoms with Crippen LogP contribution >= 0.6 is 0 Å². The van der Waals surface area contributed by atoms with Crippen LogP contribution in [-0.4, -0.2) is 31.9 Å². The monoisotopic (exact) mass is 455 g/mol. The fraction of sp³-hybridized carbons (Fsp3) is 0.0769. The molecule has 8 heteroatoms. The maximum atomic E-state index is 13.5. The lowest BCUT2D eigenvalue weighted by atomic mass is 9.95. The van der Waals surface area contributed by atoms with Gasteiger partial charge in [0.25, 0.3) is 11.5 Å². The number of hydrogen-bond acceptors (Lipinski definition) is 5. The van der Waals surface area contributed by atoms with Crippen LogP contribution < -0.4 is 10.9 Å². The lowest BCUT2D eigenvalue weighted by Crippen LogP contribution is -2.32. The number of nitrogens with zero attached hydrogens (tertiary/aromatic N) is 2. The molecule has 170 valence electrons. The number of aryl methyl sites for hydroxylation is 1. The molecule has 0 fully saturated rings. The van der Waals surface area contributed by atoms with Gasteiger partial charge >= 0.3 is 5.97 Å². The Kier molecular flexibility index (Phi) is 6.22. The summed E-state index contributed by atoms with van der Waals surface area (Å²) in [6.07, 6.45) is 0. The van der Waals surface area contributed by atoms with Gasteiger partial charge < -0.3 is 15.5 Å². The van der Waals surface area contributed by atoms with Crippen LogP contribution in [0.2, 0.25) is 0 Å². The number of phenolic OH excluding ortho intramolecular Hbond substituents is 1. The SMILES string of the molecule is CCn1nc(-c2ccccc2)c(-c2ccccc2)c(C(=O)Nc2cc(C(=O)O)ccc2O)c1=O. The zero-order valence-corrected chi connectivity index (χ0v) is 18.2. The number of anilines is 1. The predicted molar refractivity (Wildman–Crippen MR) is 128 cm³/mol. The van der Waals surface area contributed by atoms with Gasteiger partial charge in [-0.3, -0.25) is 9.59 Å². The van der Waals surface area contributed by atoms with Crippen LogP contribution in [0.25, 0.3) is 22.4 Å². The van der Waals surface area contributed by atoms with E-state index < -0.39 is 17.4 Å². The number of benzene rings is 3. The lowest BCUT2D eigenvalue weighted by molar-refractivity contribution is 0.0696. The molecule has 8 nitrogen and oxygen atoms in total. The summed E-state index contributed by atoms with van der Waals surface area (Å²) in [5.41, 5.74) is 1.10. The van der Waals surface area contributed by atoms with Crippen LogP contribution in [0, 0.1) is 0 Å². The van der Waals surface area contributed by atoms with Crippen molar-refractivity contribution in [2.24, 2.45) is 0 Å². The maximum Gasteiger partial charge on any atom is 0.335 e. The molecule has 0 aliphatic heterocycles. The summed E-state index contributed by atoms with van der Waals surface area (Å²) in [4.78, 5) is 38.2. The van der Waals surface area contributed by atoms with E-state index in [4.69, 9.17) is 0 Å². The number of carbonyl (C=O) groups excluding carboxylic acids is 1. The molecule has 0 radical (unpaired) electrons. The molecule has 4 aromatic rings. The minimum absolute atomic E-state index is 0.121. The fourth-order valence-corrected chi connectivity index (χ4v) is 3.63. The van der Waals surface area contributed by atoms with Crippen molar-refractivity contribution in [3.63, 3.8) is 0 Å². The number of rotatable bonds is 6. The van der Waals surface area contributed by atoms with E-state index in [0.717, 1.165) is 6.07 Å².